The zero-order valence-electron chi connectivity index (χ0n) is 8.69. The highest BCUT2D eigenvalue weighted by Gasteiger charge is 2.05. The summed E-state index contributed by atoms with van der Waals surface area (Å²) in [6.45, 7) is 9.32. The lowest BCUT2D eigenvalue weighted by Crippen LogP contribution is -2.01. The van der Waals surface area contributed by atoms with Crippen molar-refractivity contribution < 1.29 is 0 Å². The van der Waals surface area contributed by atoms with Gasteiger partial charge in [0.2, 0.25) is 0 Å². The second kappa shape index (κ2) is 6.69. The molecule has 0 aliphatic heterocycles. The summed E-state index contributed by atoms with van der Waals surface area (Å²) in [7, 11) is 0. The molecular weight excluding hydrogens is 132 g/mol. The number of hydrogen-bond acceptors (Lipinski definition) is 0. The van der Waals surface area contributed by atoms with E-state index in [9.17, 15) is 0 Å². The smallest absolute Gasteiger partial charge is 0.0440 e. The van der Waals surface area contributed by atoms with Crippen LogP contribution >= 0.6 is 0 Å². The molecule has 0 fully saturated rings. The standard InChI is InChI=1S/C11H24/c1-5-7-8-11(4)9-10(3)6-2/h10-11H,5-9H2,1-4H3/t10-,11-/m0/s1. The Morgan fingerprint density at radius 1 is 1.00 bits per heavy atom. The summed E-state index contributed by atoms with van der Waals surface area (Å²) in [6.07, 6.45) is 6.97. The van der Waals surface area contributed by atoms with Crippen molar-refractivity contribution >= 4 is 0 Å². The van der Waals surface area contributed by atoms with E-state index in [1.54, 1.807) is 0 Å². The first kappa shape index (κ1) is 11.0. The summed E-state index contributed by atoms with van der Waals surface area (Å²) in [4.78, 5) is 0. The third-order valence-electron chi connectivity index (χ3n) is 2.55. The molecule has 0 radical (unpaired) electrons. The van der Waals surface area contributed by atoms with Crippen molar-refractivity contribution in [3.63, 3.8) is 0 Å². The van der Waals surface area contributed by atoms with Crippen LogP contribution in [0, 0.1) is 11.8 Å². The third kappa shape index (κ3) is 6.40. The lowest BCUT2D eigenvalue weighted by atomic mass is 9.92. The van der Waals surface area contributed by atoms with Gasteiger partial charge in [-0.3, -0.25) is 0 Å². The van der Waals surface area contributed by atoms with Gasteiger partial charge in [-0.15, -0.1) is 0 Å². The van der Waals surface area contributed by atoms with Crippen LogP contribution in [0.3, 0.4) is 0 Å². The van der Waals surface area contributed by atoms with Gasteiger partial charge in [0.15, 0.2) is 0 Å². The van der Waals surface area contributed by atoms with Crippen molar-refractivity contribution in [2.45, 2.75) is 59.8 Å². The van der Waals surface area contributed by atoms with Crippen LogP contribution in [0.4, 0.5) is 0 Å². The molecule has 0 saturated carbocycles. The fourth-order valence-electron chi connectivity index (χ4n) is 1.52. The SMILES string of the molecule is CCCC[C@H](C)C[C@@H](C)CC. The highest BCUT2D eigenvalue weighted by molar-refractivity contribution is 4.57. The van der Waals surface area contributed by atoms with Crippen molar-refractivity contribution in [3.05, 3.63) is 0 Å². The third-order valence-corrected chi connectivity index (χ3v) is 2.55. The lowest BCUT2D eigenvalue weighted by Gasteiger charge is -2.14. The van der Waals surface area contributed by atoms with E-state index >= 15 is 0 Å². The van der Waals surface area contributed by atoms with Gasteiger partial charge in [0.05, 0.1) is 0 Å². The van der Waals surface area contributed by atoms with Gasteiger partial charge in [-0.1, -0.05) is 53.4 Å². The highest BCUT2D eigenvalue weighted by Crippen LogP contribution is 2.19. The number of unbranched alkanes of at least 4 members (excludes halogenated alkanes) is 1. The zero-order valence-corrected chi connectivity index (χ0v) is 8.69. The normalized spacial score (nSPS) is 16.4. The van der Waals surface area contributed by atoms with E-state index < -0.39 is 0 Å². The summed E-state index contributed by atoms with van der Waals surface area (Å²) < 4.78 is 0. The Hall–Kier alpha value is 0. The van der Waals surface area contributed by atoms with Gasteiger partial charge < -0.3 is 0 Å². The maximum Gasteiger partial charge on any atom is -0.0440 e. The number of hydrogen-bond donors (Lipinski definition) is 0. The molecule has 0 aromatic heterocycles. The second-order valence-corrected chi connectivity index (χ2v) is 4.00. The Labute approximate surface area is 72.4 Å². The molecule has 0 aliphatic rings. The maximum absolute atomic E-state index is 2.39. The van der Waals surface area contributed by atoms with Crippen molar-refractivity contribution in [1.29, 1.82) is 0 Å². The van der Waals surface area contributed by atoms with Crippen LogP contribution in [-0.4, -0.2) is 0 Å². The van der Waals surface area contributed by atoms with Gasteiger partial charge in [0.1, 0.15) is 0 Å². The van der Waals surface area contributed by atoms with Crippen LogP contribution in [0.2, 0.25) is 0 Å². The second-order valence-electron chi connectivity index (χ2n) is 4.00. The maximum atomic E-state index is 2.39. The molecule has 0 nitrogen and oxygen atoms in total. The number of rotatable bonds is 6. The van der Waals surface area contributed by atoms with Gasteiger partial charge in [-0.25, -0.2) is 0 Å². The molecule has 0 amide bonds. The summed E-state index contributed by atoms with van der Waals surface area (Å²) in [5, 5.41) is 0. The van der Waals surface area contributed by atoms with E-state index in [0.717, 1.165) is 11.8 Å². The van der Waals surface area contributed by atoms with Crippen LogP contribution in [0.15, 0.2) is 0 Å². The minimum atomic E-state index is 0.932. The molecule has 0 aromatic rings. The molecule has 0 aliphatic carbocycles. The molecule has 11 heavy (non-hydrogen) atoms. The van der Waals surface area contributed by atoms with Crippen LogP contribution in [0.25, 0.3) is 0 Å². The predicted molar refractivity (Wildman–Crippen MR) is 52.8 cm³/mol. The summed E-state index contributed by atoms with van der Waals surface area (Å²) in [6, 6.07) is 0. The molecule has 0 N–H and O–H groups in total. The van der Waals surface area contributed by atoms with E-state index in [2.05, 4.69) is 27.7 Å². The van der Waals surface area contributed by atoms with E-state index in [0.29, 0.717) is 0 Å². The fourth-order valence-corrected chi connectivity index (χ4v) is 1.52. The summed E-state index contributed by atoms with van der Waals surface area (Å²) in [5.41, 5.74) is 0. The van der Waals surface area contributed by atoms with Gasteiger partial charge in [-0.2, -0.15) is 0 Å². The van der Waals surface area contributed by atoms with E-state index in [-0.39, 0.29) is 0 Å². The van der Waals surface area contributed by atoms with E-state index in [1.165, 1.54) is 32.1 Å². The van der Waals surface area contributed by atoms with Gasteiger partial charge in [-0.05, 0) is 18.3 Å². The van der Waals surface area contributed by atoms with Crippen molar-refractivity contribution in [3.8, 4) is 0 Å². The molecule has 68 valence electrons. The Balaban J connectivity index is 3.27. The van der Waals surface area contributed by atoms with Crippen LogP contribution in [-0.2, 0) is 0 Å². The first-order chi connectivity index (χ1) is 5.20. The minimum Gasteiger partial charge on any atom is -0.0654 e. The topological polar surface area (TPSA) is 0 Å². The largest absolute Gasteiger partial charge is 0.0654 e. The molecule has 0 unspecified atom stereocenters. The van der Waals surface area contributed by atoms with E-state index in [4.69, 9.17) is 0 Å². The first-order valence-corrected chi connectivity index (χ1v) is 5.20. The molecule has 0 aromatic carbocycles. The van der Waals surface area contributed by atoms with Gasteiger partial charge >= 0.3 is 0 Å². The Bertz CT molecular complexity index is 76.1. The average Bonchev–Trinajstić information content (AvgIpc) is 2.00. The quantitative estimate of drug-likeness (QED) is 0.539. The molecule has 0 saturated heterocycles. The molecule has 0 heterocycles. The van der Waals surface area contributed by atoms with Crippen molar-refractivity contribution in [1.82, 2.24) is 0 Å². The predicted octanol–water partition coefficient (Wildman–Crippen LogP) is 4.25. The molecule has 2 atom stereocenters. The summed E-state index contributed by atoms with van der Waals surface area (Å²) in [5.74, 6) is 1.88. The Kier molecular flexibility index (Phi) is 6.69. The molecule has 0 rings (SSSR count). The van der Waals surface area contributed by atoms with Crippen molar-refractivity contribution in [2.75, 3.05) is 0 Å². The van der Waals surface area contributed by atoms with Crippen LogP contribution < -0.4 is 0 Å². The monoisotopic (exact) mass is 156 g/mol. The zero-order chi connectivity index (χ0) is 8.69. The lowest BCUT2D eigenvalue weighted by molar-refractivity contribution is 0.379. The minimum absolute atomic E-state index is 0.932. The van der Waals surface area contributed by atoms with Crippen molar-refractivity contribution in [2.24, 2.45) is 11.8 Å². The molecular formula is C11H24. The van der Waals surface area contributed by atoms with Crippen LogP contribution in [0.5, 0.6) is 0 Å². The average molecular weight is 156 g/mol. The Morgan fingerprint density at radius 2 is 1.64 bits per heavy atom. The van der Waals surface area contributed by atoms with Gasteiger partial charge in [0.25, 0.3) is 0 Å². The highest BCUT2D eigenvalue weighted by atomic mass is 14.1. The van der Waals surface area contributed by atoms with Gasteiger partial charge in [0, 0.05) is 0 Å². The summed E-state index contributed by atoms with van der Waals surface area (Å²) >= 11 is 0. The Morgan fingerprint density at radius 3 is 2.09 bits per heavy atom. The fraction of sp³-hybridized carbons (Fsp3) is 1.00. The molecule has 0 bridgehead atoms. The first-order valence-electron chi connectivity index (χ1n) is 5.20. The van der Waals surface area contributed by atoms with Crippen LogP contribution in [0.1, 0.15) is 59.8 Å². The van der Waals surface area contributed by atoms with E-state index in [1.807, 2.05) is 0 Å². The molecule has 0 spiro atoms. The molecule has 0 heteroatoms.